The first-order valence-electron chi connectivity index (χ1n) is 7.85. The van der Waals surface area contributed by atoms with Crippen LogP contribution >= 0.6 is 0 Å². The highest BCUT2D eigenvalue weighted by Crippen LogP contribution is 2.18. The van der Waals surface area contributed by atoms with Gasteiger partial charge in [-0.3, -0.25) is 4.79 Å². The van der Waals surface area contributed by atoms with Gasteiger partial charge in [-0.25, -0.2) is 0 Å². The zero-order valence-corrected chi connectivity index (χ0v) is 13.0. The monoisotopic (exact) mass is 298 g/mol. The van der Waals surface area contributed by atoms with Gasteiger partial charge >= 0.3 is 0 Å². The van der Waals surface area contributed by atoms with Crippen molar-refractivity contribution in [3.8, 4) is 5.75 Å². The summed E-state index contributed by atoms with van der Waals surface area (Å²) in [4.78, 5) is 17.4. The van der Waals surface area contributed by atoms with Crippen LogP contribution in [0.25, 0.3) is 0 Å². The fraction of sp³-hybridized carbons (Fsp3) is 0.389. The van der Waals surface area contributed by atoms with Gasteiger partial charge in [-0.15, -0.1) is 0 Å². The summed E-state index contributed by atoms with van der Waals surface area (Å²) in [5.74, 6) is 1.09. The minimum absolute atomic E-state index is 0.222. The number of amides is 1. The van der Waals surface area contributed by atoms with Crippen molar-refractivity contribution in [2.24, 2.45) is 0 Å². The number of H-pyrrole nitrogens is 1. The first-order chi connectivity index (χ1) is 10.7. The van der Waals surface area contributed by atoms with Gasteiger partial charge in [0.15, 0.2) is 0 Å². The number of aromatic amines is 1. The molecule has 0 aliphatic carbocycles. The van der Waals surface area contributed by atoms with Crippen molar-refractivity contribution in [1.82, 2.24) is 9.88 Å². The number of aryl methyl sites for hydroxylation is 1. The van der Waals surface area contributed by atoms with Gasteiger partial charge in [0.05, 0.1) is 6.61 Å². The molecule has 1 aliphatic heterocycles. The Bertz CT molecular complexity index is 631. The number of carbonyl (C=O) groups excluding carboxylic acids is 1. The van der Waals surface area contributed by atoms with E-state index in [4.69, 9.17) is 4.74 Å². The summed E-state index contributed by atoms with van der Waals surface area (Å²) >= 11 is 0. The molecule has 1 amide bonds. The molecular weight excluding hydrogens is 276 g/mol. The molecule has 2 heterocycles. The lowest BCUT2D eigenvalue weighted by molar-refractivity contribution is -0.132. The summed E-state index contributed by atoms with van der Waals surface area (Å²) < 4.78 is 5.67. The molecule has 0 spiro atoms. The molecule has 4 nitrogen and oxygen atoms in total. The van der Waals surface area contributed by atoms with Gasteiger partial charge < -0.3 is 14.6 Å². The summed E-state index contributed by atoms with van der Waals surface area (Å²) in [7, 11) is 0. The van der Waals surface area contributed by atoms with Gasteiger partial charge in [-0.1, -0.05) is 17.7 Å². The van der Waals surface area contributed by atoms with Crippen molar-refractivity contribution in [2.45, 2.75) is 32.7 Å². The van der Waals surface area contributed by atoms with Crippen LogP contribution in [0.5, 0.6) is 5.75 Å². The number of fused-ring (bicyclic) bond motifs is 1. The van der Waals surface area contributed by atoms with Crippen molar-refractivity contribution >= 4 is 5.91 Å². The molecule has 22 heavy (non-hydrogen) atoms. The van der Waals surface area contributed by atoms with E-state index in [1.54, 1.807) is 0 Å². The van der Waals surface area contributed by atoms with E-state index in [1.807, 2.05) is 35.4 Å². The molecule has 4 heteroatoms. The van der Waals surface area contributed by atoms with Crippen LogP contribution in [0.4, 0.5) is 0 Å². The van der Waals surface area contributed by atoms with E-state index in [2.05, 4.69) is 18.0 Å². The second-order valence-electron chi connectivity index (χ2n) is 5.81. The summed E-state index contributed by atoms with van der Waals surface area (Å²) in [6, 6.07) is 10.1. The first-order valence-corrected chi connectivity index (χ1v) is 7.85. The van der Waals surface area contributed by atoms with E-state index in [0.29, 0.717) is 13.0 Å². The Hall–Kier alpha value is -2.23. The van der Waals surface area contributed by atoms with Crippen LogP contribution in [-0.2, 0) is 17.8 Å². The lowest BCUT2D eigenvalue weighted by Gasteiger charge is -2.27. The average molecular weight is 298 g/mol. The number of hydrogen-bond donors (Lipinski definition) is 1. The molecule has 1 N–H and O–H groups in total. The third-order valence-corrected chi connectivity index (χ3v) is 4.10. The van der Waals surface area contributed by atoms with Crippen molar-refractivity contribution in [3.05, 3.63) is 53.3 Å². The summed E-state index contributed by atoms with van der Waals surface area (Å²) in [6.45, 7) is 4.18. The minimum Gasteiger partial charge on any atom is -0.494 e. The normalized spacial score (nSPS) is 13.8. The number of rotatable bonds is 5. The number of nitrogens with one attached hydrogen (secondary N) is 1. The van der Waals surface area contributed by atoms with E-state index in [1.165, 1.54) is 16.8 Å². The Labute approximate surface area is 131 Å². The maximum atomic E-state index is 12.2. The molecule has 1 aromatic carbocycles. The third-order valence-electron chi connectivity index (χ3n) is 4.10. The minimum atomic E-state index is 0.222. The summed E-state index contributed by atoms with van der Waals surface area (Å²) in [5.41, 5.74) is 3.74. The van der Waals surface area contributed by atoms with Gasteiger partial charge in [-0.05, 0) is 37.1 Å². The van der Waals surface area contributed by atoms with Crippen molar-refractivity contribution in [2.75, 3.05) is 13.2 Å². The highest BCUT2D eigenvalue weighted by molar-refractivity contribution is 5.76. The zero-order chi connectivity index (χ0) is 15.4. The lowest BCUT2D eigenvalue weighted by Crippen LogP contribution is -2.35. The van der Waals surface area contributed by atoms with Crippen LogP contribution in [-0.4, -0.2) is 28.9 Å². The van der Waals surface area contributed by atoms with Gasteiger partial charge in [0.2, 0.25) is 5.91 Å². The van der Waals surface area contributed by atoms with Gasteiger partial charge in [0.25, 0.3) is 0 Å². The zero-order valence-electron chi connectivity index (χ0n) is 13.0. The summed E-state index contributed by atoms with van der Waals surface area (Å²) in [6.07, 6.45) is 4.18. The lowest BCUT2D eigenvalue weighted by atomic mass is 10.1. The predicted molar refractivity (Wildman–Crippen MR) is 85.8 cm³/mol. The number of ether oxygens (including phenoxy) is 1. The largest absolute Gasteiger partial charge is 0.494 e. The van der Waals surface area contributed by atoms with Gasteiger partial charge in [0, 0.05) is 37.8 Å². The highest BCUT2D eigenvalue weighted by atomic mass is 16.5. The number of nitrogens with zero attached hydrogens (tertiary/aromatic N) is 1. The molecule has 3 rings (SSSR count). The second kappa shape index (κ2) is 6.69. The molecule has 0 saturated carbocycles. The van der Waals surface area contributed by atoms with Crippen LogP contribution in [0, 0.1) is 6.92 Å². The Kier molecular flexibility index (Phi) is 4.47. The van der Waals surface area contributed by atoms with Crippen LogP contribution in [0.15, 0.2) is 36.5 Å². The van der Waals surface area contributed by atoms with Crippen LogP contribution in [0.2, 0.25) is 0 Å². The van der Waals surface area contributed by atoms with Crippen molar-refractivity contribution < 1.29 is 9.53 Å². The van der Waals surface area contributed by atoms with E-state index in [0.717, 1.165) is 31.7 Å². The van der Waals surface area contributed by atoms with Crippen LogP contribution in [0.1, 0.15) is 29.7 Å². The molecule has 2 aromatic rings. The molecule has 0 atom stereocenters. The predicted octanol–water partition coefficient (Wildman–Crippen LogP) is 3.07. The molecule has 0 radical (unpaired) electrons. The Morgan fingerprint density at radius 2 is 2.09 bits per heavy atom. The van der Waals surface area contributed by atoms with E-state index in [9.17, 15) is 4.79 Å². The standard InChI is InChI=1S/C18H22N2O2/c1-14-4-6-16(7-5-14)22-12-2-3-18(21)20-11-9-17-15(13-20)8-10-19-17/h4-8,10,19H,2-3,9,11-13H2,1H3. The number of carbonyl (C=O) groups is 1. The number of hydrogen-bond acceptors (Lipinski definition) is 2. The fourth-order valence-electron chi connectivity index (χ4n) is 2.77. The Balaban J connectivity index is 1.40. The maximum Gasteiger partial charge on any atom is 0.223 e. The number of aromatic nitrogens is 1. The average Bonchev–Trinajstić information content (AvgIpc) is 3.00. The molecular formula is C18H22N2O2. The van der Waals surface area contributed by atoms with Gasteiger partial charge in [0.1, 0.15) is 5.75 Å². The molecule has 1 aliphatic rings. The summed E-state index contributed by atoms with van der Waals surface area (Å²) in [5, 5.41) is 0. The molecule has 0 fully saturated rings. The van der Waals surface area contributed by atoms with Gasteiger partial charge in [-0.2, -0.15) is 0 Å². The highest BCUT2D eigenvalue weighted by Gasteiger charge is 2.20. The first kappa shape index (κ1) is 14.7. The van der Waals surface area contributed by atoms with Crippen LogP contribution < -0.4 is 4.74 Å². The fourth-order valence-corrected chi connectivity index (χ4v) is 2.77. The quantitative estimate of drug-likeness (QED) is 0.862. The van der Waals surface area contributed by atoms with Crippen molar-refractivity contribution in [1.29, 1.82) is 0 Å². The molecule has 0 unspecified atom stereocenters. The third kappa shape index (κ3) is 3.50. The topological polar surface area (TPSA) is 45.3 Å². The molecule has 0 bridgehead atoms. The Morgan fingerprint density at radius 3 is 2.91 bits per heavy atom. The number of benzene rings is 1. The second-order valence-corrected chi connectivity index (χ2v) is 5.81. The van der Waals surface area contributed by atoms with Crippen LogP contribution in [0.3, 0.4) is 0 Å². The molecule has 0 saturated heterocycles. The molecule has 116 valence electrons. The Morgan fingerprint density at radius 1 is 1.27 bits per heavy atom. The van der Waals surface area contributed by atoms with Crippen molar-refractivity contribution in [3.63, 3.8) is 0 Å². The SMILES string of the molecule is Cc1ccc(OCCCC(=O)N2CCc3[nH]ccc3C2)cc1. The molecule has 1 aromatic heterocycles. The maximum absolute atomic E-state index is 12.2. The van der Waals surface area contributed by atoms with E-state index in [-0.39, 0.29) is 5.91 Å². The van der Waals surface area contributed by atoms with E-state index < -0.39 is 0 Å². The van der Waals surface area contributed by atoms with E-state index >= 15 is 0 Å². The smallest absolute Gasteiger partial charge is 0.223 e.